The predicted octanol–water partition coefficient (Wildman–Crippen LogP) is -1.14. The fourth-order valence-corrected chi connectivity index (χ4v) is 3.66. The number of rotatable bonds is 3. The summed E-state index contributed by atoms with van der Waals surface area (Å²) in [5, 5.41) is 8.94. The Balaban J connectivity index is 2.10. The third kappa shape index (κ3) is 2.05. The number of hydrogen-bond donors (Lipinski definition) is 2. The second kappa shape index (κ2) is 4.77. The lowest BCUT2D eigenvalue weighted by Gasteiger charge is -2.52. The van der Waals surface area contributed by atoms with Crippen molar-refractivity contribution in [2.75, 3.05) is 12.4 Å². The first-order chi connectivity index (χ1) is 8.43. The largest absolute Gasteiger partial charge is 0.480 e. The minimum Gasteiger partial charge on any atom is -0.480 e. The molecule has 4 atom stereocenters. The number of fused-ring (bicyclic) bond motifs is 1. The SMILES string of the molecule is CC(=O)OCC1CSC2C(N)C(=O)N2C1C(=O)O. The number of carbonyl (C=O) groups is 3. The predicted molar refractivity (Wildman–Crippen MR) is 62.6 cm³/mol. The van der Waals surface area contributed by atoms with Gasteiger partial charge >= 0.3 is 11.9 Å². The summed E-state index contributed by atoms with van der Waals surface area (Å²) >= 11 is 1.43. The van der Waals surface area contributed by atoms with E-state index in [0.717, 1.165) is 0 Å². The summed E-state index contributed by atoms with van der Waals surface area (Å²) in [6, 6.07) is -1.57. The molecule has 0 aromatic rings. The van der Waals surface area contributed by atoms with Crippen molar-refractivity contribution in [3.05, 3.63) is 0 Å². The lowest BCUT2D eigenvalue weighted by atomic mass is 9.94. The molecule has 2 aliphatic heterocycles. The van der Waals surface area contributed by atoms with Crippen LogP contribution in [0.4, 0.5) is 0 Å². The molecule has 2 saturated heterocycles. The fourth-order valence-electron chi connectivity index (χ4n) is 2.21. The van der Waals surface area contributed by atoms with Gasteiger partial charge in [-0.3, -0.25) is 9.59 Å². The number of carboxylic acid groups (broad SMARTS) is 1. The van der Waals surface area contributed by atoms with Crippen LogP contribution in [0.3, 0.4) is 0 Å². The summed E-state index contributed by atoms with van der Waals surface area (Å²) in [5.41, 5.74) is 5.62. The van der Waals surface area contributed by atoms with Crippen LogP contribution in [0.1, 0.15) is 6.92 Å². The lowest BCUT2D eigenvalue weighted by molar-refractivity contribution is -0.165. The van der Waals surface area contributed by atoms with Crippen LogP contribution in [-0.4, -0.2) is 57.7 Å². The van der Waals surface area contributed by atoms with Crippen molar-refractivity contribution >= 4 is 29.6 Å². The van der Waals surface area contributed by atoms with E-state index in [9.17, 15) is 19.5 Å². The Morgan fingerprint density at radius 3 is 2.83 bits per heavy atom. The van der Waals surface area contributed by atoms with Gasteiger partial charge in [0.1, 0.15) is 17.5 Å². The highest BCUT2D eigenvalue weighted by Gasteiger charge is 2.56. The van der Waals surface area contributed by atoms with E-state index in [1.807, 2.05) is 0 Å². The zero-order valence-electron chi connectivity index (χ0n) is 9.74. The third-order valence-electron chi connectivity index (χ3n) is 3.10. The smallest absolute Gasteiger partial charge is 0.326 e. The fraction of sp³-hybridized carbons (Fsp3) is 0.700. The Kier molecular flexibility index (Phi) is 3.49. The minimum atomic E-state index is -1.09. The van der Waals surface area contributed by atoms with Gasteiger partial charge in [-0.15, -0.1) is 11.8 Å². The van der Waals surface area contributed by atoms with Crippen molar-refractivity contribution in [1.29, 1.82) is 0 Å². The molecule has 2 aliphatic rings. The highest BCUT2D eigenvalue weighted by Crippen LogP contribution is 2.39. The van der Waals surface area contributed by atoms with Gasteiger partial charge in [0.25, 0.3) is 0 Å². The van der Waals surface area contributed by atoms with Crippen molar-refractivity contribution in [2.45, 2.75) is 24.4 Å². The highest BCUT2D eigenvalue weighted by atomic mass is 32.2. The Labute approximate surface area is 108 Å². The third-order valence-corrected chi connectivity index (χ3v) is 4.58. The molecule has 8 heteroatoms. The van der Waals surface area contributed by atoms with Crippen molar-refractivity contribution in [1.82, 2.24) is 4.90 Å². The number of thioether (sulfide) groups is 1. The second-order valence-electron chi connectivity index (χ2n) is 4.34. The number of aliphatic carboxylic acids is 1. The quantitative estimate of drug-likeness (QED) is 0.494. The van der Waals surface area contributed by atoms with Gasteiger partial charge in [0.2, 0.25) is 5.91 Å². The molecule has 2 heterocycles. The standard InChI is InChI=1S/C10H14N2O5S/c1-4(13)17-2-5-3-18-9-6(11)8(14)12(9)7(5)10(15)16/h5-7,9H,2-3,11H2,1H3,(H,15,16). The number of esters is 1. The van der Waals surface area contributed by atoms with Gasteiger partial charge in [-0.1, -0.05) is 0 Å². The Morgan fingerprint density at radius 2 is 2.28 bits per heavy atom. The first-order valence-electron chi connectivity index (χ1n) is 5.49. The summed E-state index contributed by atoms with van der Waals surface area (Å²) in [7, 11) is 0. The maximum atomic E-state index is 11.6. The van der Waals surface area contributed by atoms with E-state index in [-0.39, 0.29) is 17.9 Å². The number of β-lactam (4-membered cyclic amide) rings is 1. The van der Waals surface area contributed by atoms with Crippen LogP contribution >= 0.6 is 11.8 Å². The molecule has 4 unspecified atom stereocenters. The Bertz CT molecular complexity index is 402. The number of nitrogens with zero attached hydrogens (tertiary/aromatic N) is 1. The maximum absolute atomic E-state index is 11.6. The Morgan fingerprint density at radius 1 is 1.61 bits per heavy atom. The molecule has 3 N–H and O–H groups in total. The normalized spacial score (nSPS) is 34.6. The van der Waals surface area contributed by atoms with Crippen molar-refractivity contribution in [2.24, 2.45) is 11.7 Å². The topological polar surface area (TPSA) is 110 Å². The minimum absolute atomic E-state index is 0.00500. The van der Waals surface area contributed by atoms with Crippen LogP contribution < -0.4 is 5.73 Å². The van der Waals surface area contributed by atoms with Crippen LogP contribution in [-0.2, 0) is 19.1 Å². The van der Waals surface area contributed by atoms with Gasteiger partial charge < -0.3 is 20.5 Å². The maximum Gasteiger partial charge on any atom is 0.326 e. The van der Waals surface area contributed by atoms with Gasteiger partial charge in [0, 0.05) is 18.6 Å². The Hall–Kier alpha value is -1.28. The van der Waals surface area contributed by atoms with Crippen LogP contribution in [0, 0.1) is 5.92 Å². The van der Waals surface area contributed by atoms with E-state index in [1.54, 1.807) is 0 Å². The van der Waals surface area contributed by atoms with Crippen molar-refractivity contribution < 1.29 is 24.2 Å². The van der Waals surface area contributed by atoms with Crippen LogP contribution in [0.25, 0.3) is 0 Å². The molecule has 1 amide bonds. The van der Waals surface area contributed by atoms with Gasteiger partial charge in [0.15, 0.2) is 0 Å². The zero-order valence-corrected chi connectivity index (χ0v) is 10.6. The lowest BCUT2D eigenvalue weighted by Crippen LogP contribution is -2.74. The first kappa shape index (κ1) is 13.2. The molecular weight excluding hydrogens is 260 g/mol. The summed E-state index contributed by atoms with van der Waals surface area (Å²) < 4.78 is 4.85. The van der Waals surface area contributed by atoms with E-state index >= 15 is 0 Å². The molecule has 0 spiro atoms. The van der Waals surface area contributed by atoms with Crippen LogP contribution in [0.5, 0.6) is 0 Å². The highest BCUT2D eigenvalue weighted by molar-refractivity contribution is 8.00. The molecule has 0 aromatic carbocycles. The zero-order chi connectivity index (χ0) is 13.4. The van der Waals surface area contributed by atoms with E-state index < -0.39 is 29.9 Å². The molecule has 2 fully saturated rings. The van der Waals surface area contributed by atoms with Gasteiger partial charge in [-0.05, 0) is 0 Å². The number of carbonyl (C=O) groups excluding carboxylic acids is 2. The number of ether oxygens (including phenoxy) is 1. The summed E-state index contributed by atoms with van der Waals surface area (Å²) in [6.45, 7) is 1.27. The molecule has 100 valence electrons. The van der Waals surface area contributed by atoms with Crippen molar-refractivity contribution in [3.8, 4) is 0 Å². The van der Waals surface area contributed by atoms with E-state index in [2.05, 4.69) is 0 Å². The molecule has 18 heavy (non-hydrogen) atoms. The number of amides is 1. The number of carboxylic acids is 1. The van der Waals surface area contributed by atoms with Gasteiger partial charge in [0.05, 0.1) is 6.61 Å². The average Bonchev–Trinajstić information content (AvgIpc) is 2.33. The van der Waals surface area contributed by atoms with Crippen LogP contribution in [0.2, 0.25) is 0 Å². The molecule has 0 radical (unpaired) electrons. The summed E-state index contributed by atoms with van der Waals surface area (Å²) in [5.74, 6) is -1.79. The van der Waals surface area contributed by atoms with E-state index in [0.29, 0.717) is 5.75 Å². The summed E-state index contributed by atoms with van der Waals surface area (Å²) in [4.78, 5) is 34.9. The monoisotopic (exact) mass is 274 g/mol. The van der Waals surface area contributed by atoms with E-state index in [1.165, 1.54) is 23.6 Å². The van der Waals surface area contributed by atoms with Crippen LogP contribution in [0.15, 0.2) is 0 Å². The van der Waals surface area contributed by atoms with Gasteiger partial charge in [-0.2, -0.15) is 0 Å². The molecule has 0 bridgehead atoms. The molecule has 0 aliphatic carbocycles. The number of nitrogens with two attached hydrogens (primary N) is 1. The first-order valence-corrected chi connectivity index (χ1v) is 6.54. The average molecular weight is 274 g/mol. The second-order valence-corrected chi connectivity index (χ2v) is 5.49. The molecule has 0 saturated carbocycles. The number of hydrogen-bond acceptors (Lipinski definition) is 6. The summed E-state index contributed by atoms with van der Waals surface area (Å²) in [6.07, 6.45) is 0. The molecule has 0 aromatic heterocycles. The molecule has 2 rings (SSSR count). The van der Waals surface area contributed by atoms with Crippen molar-refractivity contribution in [3.63, 3.8) is 0 Å². The van der Waals surface area contributed by atoms with Gasteiger partial charge in [-0.25, -0.2) is 4.79 Å². The van der Waals surface area contributed by atoms with E-state index in [4.69, 9.17) is 10.5 Å². The molecular formula is C10H14N2O5S. The molecule has 7 nitrogen and oxygen atoms in total.